The van der Waals surface area contributed by atoms with E-state index in [-0.39, 0.29) is 24.1 Å². The van der Waals surface area contributed by atoms with Crippen LogP contribution in [-0.4, -0.2) is 30.2 Å². The fourth-order valence-corrected chi connectivity index (χ4v) is 4.15. The Morgan fingerprint density at radius 2 is 1.58 bits per heavy atom. The van der Waals surface area contributed by atoms with Crippen LogP contribution in [0.5, 0.6) is 0 Å². The molecule has 0 spiro atoms. The maximum Gasteiger partial charge on any atom is 0.410 e. The first-order valence-corrected chi connectivity index (χ1v) is 10.6. The second-order valence-electron chi connectivity index (χ2n) is 7.65. The number of hydrogen-bond acceptors (Lipinski definition) is 3. The van der Waals surface area contributed by atoms with Crippen molar-refractivity contribution in [1.29, 1.82) is 0 Å². The summed E-state index contributed by atoms with van der Waals surface area (Å²) >= 11 is 0. The summed E-state index contributed by atoms with van der Waals surface area (Å²) in [7, 11) is 0. The summed E-state index contributed by atoms with van der Waals surface area (Å²) in [6.45, 7) is 5.27. The minimum absolute atomic E-state index is 0.0890. The molecule has 0 unspecified atom stereocenters. The number of carbonyl (C=O) groups excluding carboxylic acids is 1. The Balaban J connectivity index is 1.63. The second-order valence-corrected chi connectivity index (χ2v) is 7.65. The van der Waals surface area contributed by atoms with Gasteiger partial charge in [0.1, 0.15) is 6.61 Å². The molecule has 0 bridgehead atoms. The van der Waals surface area contributed by atoms with Gasteiger partial charge in [-0.05, 0) is 16.7 Å². The van der Waals surface area contributed by atoms with E-state index in [0.717, 1.165) is 16.7 Å². The average molecular weight is 414 g/mol. The molecule has 0 aliphatic carbocycles. The summed E-state index contributed by atoms with van der Waals surface area (Å²) in [6, 6.07) is 29.8. The molecule has 3 atom stereocenters. The Morgan fingerprint density at radius 3 is 2.23 bits per heavy atom. The van der Waals surface area contributed by atoms with Crippen LogP contribution in [0.2, 0.25) is 0 Å². The van der Waals surface area contributed by atoms with Crippen molar-refractivity contribution in [2.75, 3.05) is 13.2 Å². The van der Waals surface area contributed by atoms with Gasteiger partial charge in [-0.15, -0.1) is 6.58 Å². The Labute approximate surface area is 183 Å². The van der Waals surface area contributed by atoms with Gasteiger partial charge in [0.05, 0.1) is 25.3 Å². The molecular weight excluding hydrogens is 386 g/mol. The van der Waals surface area contributed by atoms with Crippen molar-refractivity contribution < 1.29 is 14.3 Å². The van der Waals surface area contributed by atoms with Gasteiger partial charge in [-0.3, -0.25) is 4.90 Å². The van der Waals surface area contributed by atoms with Crippen molar-refractivity contribution in [3.05, 3.63) is 120 Å². The average Bonchev–Trinajstić information content (AvgIpc) is 3.21. The number of carbonyl (C=O) groups is 1. The summed E-state index contributed by atoms with van der Waals surface area (Å²) < 4.78 is 11.6. The topological polar surface area (TPSA) is 38.8 Å². The van der Waals surface area contributed by atoms with E-state index in [1.807, 2.05) is 89.8 Å². The summed E-state index contributed by atoms with van der Waals surface area (Å²) in [5, 5.41) is 0. The molecule has 1 aliphatic heterocycles. The highest BCUT2D eigenvalue weighted by Crippen LogP contribution is 2.36. The second kappa shape index (κ2) is 10.1. The van der Waals surface area contributed by atoms with Gasteiger partial charge in [-0.2, -0.15) is 0 Å². The number of hydrogen-bond donors (Lipinski definition) is 0. The molecule has 158 valence electrons. The predicted octanol–water partition coefficient (Wildman–Crippen LogP) is 5.74. The van der Waals surface area contributed by atoms with Crippen molar-refractivity contribution in [3.8, 4) is 0 Å². The van der Waals surface area contributed by atoms with E-state index in [4.69, 9.17) is 9.47 Å². The Bertz CT molecular complexity index is 975. The van der Waals surface area contributed by atoms with E-state index in [1.165, 1.54) is 0 Å². The fraction of sp³-hybridized carbons (Fsp3) is 0.222. The van der Waals surface area contributed by atoms with Gasteiger partial charge in [0, 0.05) is 5.92 Å². The number of ether oxygens (including phenoxy) is 2. The van der Waals surface area contributed by atoms with E-state index in [2.05, 4.69) is 18.7 Å². The van der Waals surface area contributed by atoms with Crippen LogP contribution in [0.25, 0.3) is 0 Å². The third-order valence-electron chi connectivity index (χ3n) is 5.71. The lowest BCUT2D eigenvalue weighted by molar-refractivity contribution is 0.0501. The zero-order chi connectivity index (χ0) is 21.5. The molecule has 3 aromatic rings. The van der Waals surface area contributed by atoms with Gasteiger partial charge in [0.25, 0.3) is 0 Å². The summed E-state index contributed by atoms with van der Waals surface area (Å²) in [6.07, 6.45) is 1.59. The summed E-state index contributed by atoms with van der Waals surface area (Å²) in [4.78, 5) is 14.7. The van der Waals surface area contributed by atoms with Crippen molar-refractivity contribution in [2.45, 2.75) is 24.6 Å². The predicted molar refractivity (Wildman–Crippen MR) is 122 cm³/mol. The first-order valence-electron chi connectivity index (χ1n) is 10.6. The highest BCUT2D eigenvalue weighted by atomic mass is 16.6. The molecule has 0 aromatic heterocycles. The first kappa shape index (κ1) is 20.9. The molecule has 31 heavy (non-hydrogen) atoms. The first-order chi connectivity index (χ1) is 15.3. The standard InChI is InChI=1S/C27H27NO3/c1-2-24(22-14-8-4-9-15-22)26(19-30-18-21-12-6-3-7-13-21)28-25(20-31-27(28)29)23-16-10-5-11-17-23/h2-17,24-26H,1,18-20H2/t24-,25+,26+/m1/s1. The van der Waals surface area contributed by atoms with E-state index >= 15 is 0 Å². The van der Waals surface area contributed by atoms with Crippen LogP contribution >= 0.6 is 0 Å². The largest absolute Gasteiger partial charge is 0.447 e. The number of rotatable bonds is 9. The molecule has 4 heteroatoms. The molecule has 1 heterocycles. The van der Waals surface area contributed by atoms with Gasteiger partial charge >= 0.3 is 6.09 Å². The summed E-state index contributed by atoms with van der Waals surface area (Å²) in [5.41, 5.74) is 3.24. The molecule has 1 saturated heterocycles. The lowest BCUT2D eigenvalue weighted by atomic mass is 9.89. The lowest BCUT2D eigenvalue weighted by Gasteiger charge is -2.35. The third-order valence-corrected chi connectivity index (χ3v) is 5.71. The quantitative estimate of drug-likeness (QED) is 0.420. The Morgan fingerprint density at radius 1 is 0.968 bits per heavy atom. The van der Waals surface area contributed by atoms with Crippen molar-refractivity contribution in [1.82, 2.24) is 4.90 Å². The lowest BCUT2D eigenvalue weighted by Crippen LogP contribution is -2.44. The minimum Gasteiger partial charge on any atom is -0.447 e. The van der Waals surface area contributed by atoms with Crippen LogP contribution in [0.3, 0.4) is 0 Å². The zero-order valence-corrected chi connectivity index (χ0v) is 17.5. The van der Waals surface area contributed by atoms with Crippen molar-refractivity contribution in [2.24, 2.45) is 0 Å². The maximum atomic E-state index is 12.9. The van der Waals surface area contributed by atoms with Gasteiger partial charge in [-0.25, -0.2) is 4.79 Å². The maximum absolute atomic E-state index is 12.9. The molecule has 0 saturated carbocycles. The van der Waals surface area contributed by atoms with Crippen LogP contribution in [0, 0.1) is 0 Å². The number of nitrogens with zero attached hydrogens (tertiary/aromatic N) is 1. The van der Waals surface area contributed by atoms with Crippen LogP contribution in [0.1, 0.15) is 28.7 Å². The molecule has 4 nitrogen and oxygen atoms in total. The molecule has 3 aromatic carbocycles. The molecule has 0 radical (unpaired) electrons. The third kappa shape index (κ3) is 4.86. The highest BCUT2D eigenvalue weighted by Gasteiger charge is 2.42. The number of amides is 1. The zero-order valence-electron chi connectivity index (χ0n) is 17.5. The van der Waals surface area contributed by atoms with Crippen molar-refractivity contribution in [3.63, 3.8) is 0 Å². The molecule has 0 N–H and O–H groups in total. The van der Waals surface area contributed by atoms with E-state index in [0.29, 0.717) is 19.8 Å². The van der Waals surface area contributed by atoms with Gasteiger partial charge in [0.2, 0.25) is 0 Å². The van der Waals surface area contributed by atoms with Crippen LogP contribution in [-0.2, 0) is 16.1 Å². The molecule has 4 rings (SSSR count). The number of benzene rings is 3. The van der Waals surface area contributed by atoms with Gasteiger partial charge < -0.3 is 9.47 Å². The van der Waals surface area contributed by atoms with Gasteiger partial charge in [-0.1, -0.05) is 97.1 Å². The monoisotopic (exact) mass is 413 g/mol. The van der Waals surface area contributed by atoms with E-state index < -0.39 is 0 Å². The Hall–Kier alpha value is -3.37. The minimum atomic E-state index is -0.315. The fourth-order valence-electron chi connectivity index (χ4n) is 4.15. The van der Waals surface area contributed by atoms with Crippen LogP contribution in [0.15, 0.2) is 104 Å². The number of cyclic esters (lactones) is 1. The smallest absolute Gasteiger partial charge is 0.410 e. The summed E-state index contributed by atoms with van der Waals surface area (Å²) in [5.74, 6) is -0.0890. The highest BCUT2D eigenvalue weighted by molar-refractivity contribution is 5.71. The van der Waals surface area contributed by atoms with E-state index in [9.17, 15) is 4.79 Å². The SMILES string of the molecule is C=C[C@H](c1ccccc1)[C@H](COCc1ccccc1)N1C(=O)OC[C@H]1c1ccccc1. The van der Waals surface area contributed by atoms with Crippen molar-refractivity contribution >= 4 is 6.09 Å². The molecule has 1 aliphatic rings. The molecule has 1 fully saturated rings. The van der Waals surface area contributed by atoms with Gasteiger partial charge in [0.15, 0.2) is 0 Å². The molecule has 1 amide bonds. The van der Waals surface area contributed by atoms with Crippen LogP contribution in [0.4, 0.5) is 4.79 Å². The Kier molecular flexibility index (Phi) is 6.80. The molecular formula is C27H27NO3. The van der Waals surface area contributed by atoms with Crippen LogP contribution < -0.4 is 0 Å². The normalized spacial score (nSPS) is 17.7. The van der Waals surface area contributed by atoms with E-state index in [1.54, 1.807) is 0 Å².